The standard InChI is InChI=1S/C29H30N6O4/c1-37-27-14-20(3-4-24(27)28(36)35-17-21-13-22(35)16-32-21)33-29-31-9-6-25(34-29)18-2-5-26(19(12-18)15-30)39-23-7-10-38-11-8-23/h2-6,9,12,14,21-23,32H,7-8,10-11,13,16-17H2,1H3,(H,31,33,34). The van der Waals surface area contributed by atoms with Gasteiger partial charge < -0.3 is 29.7 Å². The number of carbonyl (C=O) groups excluding carboxylic acids is 1. The number of piperazine rings is 1. The third-order valence-corrected chi connectivity index (χ3v) is 7.52. The summed E-state index contributed by atoms with van der Waals surface area (Å²) in [5.74, 6) is 1.44. The van der Waals surface area contributed by atoms with Gasteiger partial charge in [0.25, 0.3) is 5.91 Å². The van der Waals surface area contributed by atoms with E-state index in [1.54, 1.807) is 37.6 Å². The molecule has 2 unspecified atom stereocenters. The minimum absolute atomic E-state index is 0.0109. The Balaban J connectivity index is 1.18. The van der Waals surface area contributed by atoms with Crippen molar-refractivity contribution in [3.63, 3.8) is 0 Å². The van der Waals surface area contributed by atoms with Gasteiger partial charge in [-0.15, -0.1) is 0 Å². The summed E-state index contributed by atoms with van der Waals surface area (Å²) in [6.07, 6.45) is 4.33. The third-order valence-electron chi connectivity index (χ3n) is 7.52. The molecule has 3 saturated heterocycles. The molecule has 10 nitrogen and oxygen atoms in total. The SMILES string of the molecule is COc1cc(Nc2nccc(-c3ccc(OC4CCOCC4)c(C#N)c3)n2)ccc1C(=O)N1CC2CC1CN2. The minimum atomic E-state index is -0.0109. The number of fused-ring (bicyclic) bond motifs is 2. The zero-order valence-corrected chi connectivity index (χ0v) is 21.7. The van der Waals surface area contributed by atoms with Crippen LogP contribution >= 0.6 is 0 Å². The van der Waals surface area contributed by atoms with E-state index in [4.69, 9.17) is 14.2 Å². The molecule has 200 valence electrons. The van der Waals surface area contributed by atoms with Gasteiger partial charge in [0.1, 0.15) is 23.7 Å². The van der Waals surface area contributed by atoms with E-state index < -0.39 is 0 Å². The Kier molecular flexibility index (Phi) is 7.00. The Labute approximate surface area is 226 Å². The molecule has 10 heteroatoms. The van der Waals surface area contributed by atoms with Gasteiger partial charge in [0, 0.05) is 61.5 Å². The maximum Gasteiger partial charge on any atom is 0.257 e. The van der Waals surface area contributed by atoms with Gasteiger partial charge in [-0.2, -0.15) is 5.26 Å². The lowest BCUT2D eigenvalue weighted by molar-refractivity contribution is 0.0254. The van der Waals surface area contributed by atoms with Crippen molar-refractivity contribution < 1.29 is 19.0 Å². The first kappa shape index (κ1) is 25.1. The first-order valence-electron chi connectivity index (χ1n) is 13.2. The second kappa shape index (κ2) is 10.9. The molecular weight excluding hydrogens is 496 g/mol. The number of ether oxygens (including phenoxy) is 3. The average Bonchev–Trinajstić information content (AvgIpc) is 3.62. The molecule has 2 bridgehead atoms. The van der Waals surface area contributed by atoms with Crippen molar-refractivity contribution in [3.05, 3.63) is 59.8 Å². The highest BCUT2D eigenvalue weighted by Crippen LogP contribution is 2.31. The first-order chi connectivity index (χ1) is 19.1. The summed E-state index contributed by atoms with van der Waals surface area (Å²) in [6.45, 7) is 2.91. The first-order valence-corrected chi connectivity index (χ1v) is 13.2. The lowest BCUT2D eigenvalue weighted by atomic mass is 10.1. The maximum atomic E-state index is 13.2. The van der Waals surface area contributed by atoms with E-state index in [0.29, 0.717) is 59.2 Å². The average molecular weight is 527 g/mol. The summed E-state index contributed by atoms with van der Waals surface area (Å²) in [5, 5.41) is 16.4. The molecule has 0 saturated carbocycles. The molecule has 2 aromatic carbocycles. The van der Waals surface area contributed by atoms with Crippen LogP contribution in [0.1, 0.15) is 35.2 Å². The summed E-state index contributed by atoms with van der Waals surface area (Å²) in [6, 6.07) is 15.6. The highest BCUT2D eigenvalue weighted by Gasteiger charge is 2.40. The van der Waals surface area contributed by atoms with Crippen molar-refractivity contribution in [2.24, 2.45) is 0 Å². The number of hydrogen-bond acceptors (Lipinski definition) is 9. The van der Waals surface area contributed by atoms with Crippen LogP contribution in [0.25, 0.3) is 11.3 Å². The molecule has 39 heavy (non-hydrogen) atoms. The van der Waals surface area contributed by atoms with Crippen molar-refractivity contribution in [3.8, 4) is 28.8 Å². The van der Waals surface area contributed by atoms with Gasteiger partial charge in [-0.25, -0.2) is 9.97 Å². The predicted molar refractivity (Wildman–Crippen MR) is 144 cm³/mol. The predicted octanol–water partition coefficient (Wildman–Crippen LogP) is 3.51. The van der Waals surface area contributed by atoms with Gasteiger partial charge in [0.15, 0.2) is 0 Å². The number of nitrogens with one attached hydrogen (secondary N) is 2. The Morgan fingerprint density at radius 2 is 2.05 bits per heavy atom. The van der Waals surface area contributed by atoms with Crippen LogP contribution in [0.4, 0.5) is 11.6 Å². The number of methoxy groups -OCH3 is 1. The highest BCUT2D eigenvalue weighted by atomic mass is 16.5. The van der Waals surface area contributed by atoms with Crippen molar-refractivity contribution >= 4 is 17.5 Å². The topological polar surface area (TPSA) is 122 Å². The van der Waals surface area contributed by atoms with Crippen LogP contribution in [0, 0.1) is 11.3 Å². The molecular formula is C29H30N6O4. The number of rotatable bonds is 7. The molecule has 1 aromatic heterocycles. The minimum Gasteiger partial charge on any atom is -0.496 e. The zero-order chi connectivity index (χ0) is 26.8. The van der Waals surface area contributed by atoms with Crippen molar-refractivity contribution in [1.82, 2.24) is 20.2 Å². The molecule has 3 aromatic rings. The summed E-state index contributed by atoms with van der Waals surface area (Å²) >= 11 is 0. The van der Waals surface area contributed by atoms with Gasteiger partial charge in [0.05, 0.1) is 37.1 Å². The fourth-order valence-electron chi connectivity index (χ4n) is 5.47. The molecule has 4 heterocycles. The number of carbonyl (C=O) groups is 1. The lowest BCUT2D eigenvalue weighted by Crippen LogP contribution is -2.46. The molecule has 3 aliphatic heterocycles. The summed E-state index contributed by atoms with van der Waals surface area (Å²) in [4.78, 5) is 24.2. The second-order valence-corrected chi connectivity index (χ2v) is 10.0. The van der Waals surface area contributed by atoms with Crippen molar-refractivity contribution in [2.45, 2.75) is 37.5 Å². The summed E-state index contributed by atoms with van der Waals surface area (Å²) in [7, 11) is 1.56. The Bertz CT molecular complexity index is 1420. The highest BCUT2D eigenvalue weighted by molar-refractivity contribution is 5.98. The van der Waals surface area contributed by atoms with Crippen LogP contribution in [0.2, 0.25) is 0 Å². The molecule has 0 aliphatic carbocycles. The van der Waals surface area contributed by atoms with E-state index in [-0.39, 0.29) is 18.1 Å². The van der Waals surface area contributed by atoms with Gasteiger partial charge in [-0.3, -0.25) is 4.79 Å². The normalized spacial score (nSPS) is 20.5. The van der Waals surface area contributed by atoms with Gasteiger partial charge >= 0.3 is 0 Å². The Morgan fingerprint density at radius 1 is 1.18 bits per heavy atom. The van der Waals surface area contributed by atoms with E-state index in [1.807, 2.05) is 23.1 Å². The van der Waals surface area contributed by atoms with Crippen LogP contribution in [0.15, 0.2) is 48.7 Å². The van der Waals surface area contributed by atoms with E-state index in [0.717, 1.165) is 37.9 Å². The van der Waals surface area contributed by atoms with Crippen LogP contribution in [0.3, 0.4) is 0 Å². The number of amides is 1. The van der Waals surface area contributed by atoms with Gasteiger partial charge in [-0.1, -0.05) is 0 Å². The summed E-state index contributed by atoms with van der Waals surface area (Å²) in [5.41, 5.74) is 3.14. The van der Waals surface area contributed by atoms with Crippen LogP contribution in [-0.4, -0.2) is 72.4 Å². The molecule has 6 rings (SSSR count). The van der Waals surface area contributed by atoms with E-state index >= 15 is 0 Å². The van der Waals surface area contributed by atoms with Crippen LogP contribution < -0.4 is 20.1 Å². The van der Waals surface area contributed by atoms with E-state index in [9.17, 15) is 10.1 Å². The molecule has 2 N–H and O–H groups in total. The smallest absolute Gasteiger partial charge is 0.257 e. The number of likely N-dealkylation sites (tertiary alicyclic amines) is 1. The molecule has 3 aliphatic rings. The van der Waals surface area contributed by atoms with Gasteiger partial charge in [-0.05, 0) is 42.8 Å². The monoisotopic (exact) mass is 526 g/mol. The van der Waals surface area contributed by atoms with E-state index in [2.05, 4.69) is 26.7 Å². The molecule has 2 atom stereocenters. The Hall–Kier alpha value is -4.20. The number of benzene rings is 2. The fraction of sp³-hybridized carbons (Fsp3) is 0.379. The number of anilines is 2. The third kappa shape index (κ3) is 5.24. The maximum absolute atomic E-state index is 13.2. The zero-order valence-electron chi connectivity index (χ0n) is 21.7. The van der Waals surface area contributed by atoms with Crippen molar-refractivity contribution in [2.75, 3.05) is 38.7 Å². The largest absolute Gasteiger partial charge is 0.496 e. The van der Waals surface area contributed by atoms with Crippen molar-refractivity contribution in [1.29, 1.82) is 5.26 Å². The number of nitriles is 1. The number of hydrogen-bond donors (Lipinski definition) is 2. The second-order valence-electron chi connectivity index (χ2n) is 10.0. The summed E-state index contributed by atoms with van der Waals surface area (Å²) < 4.78 is 17.0. The van der Waals surface area contributed by atoms with Crippen LogP contribution in [-0.2, 0) is 4.74 Å². The number of aromatic nitrogens is 2. The molecule has 0 spiro atoms. The van der Waals surface area contributed by atoms with E-state index in [1.165, 1.54) is 0 Å². The lowest BCUT2D eigenvalue weighted by Gasteiger charge is -2.28. The molecule has 1 amide bonds. The Morgan fingerprint density at radius 3 is 2.79 bits per heavy atom. The fourth-order valence-corrected chi connectivity index (χ4v) is 5.47. The van der Waals surface area contributed by atoms with Gasteiger partial charge in [0.2, 0.25) is 5.95 Å². The molecule has 3 fully saturated rings. The molecule has 0 radical (unpaired) electrons. The number of nitrogens with zero attached hydrogens (tertiary/aromatic N) is 4. The quantitative estimate of drug-likeness (QED) is 0.476. The van der Waals surface area contributed by atoms with Crippen LogP contribution in [0.5, 0.6) is 11.5 Å².